The molecular formula is C18H14FNO3. The lowest BCUT2D eigenvalue weighted by atomic mass is 9.91. The number of ketones is 1. The summed E-state index contributed by atoms with van der Waals surface area (Å²) in [5, 5.41) is 9.31. The number of methoxy groups -OCH3 is 1. The van der Waals surface area contributed by atoms with Crippen LogP contribution in [0.5, 0.6) is 0 Å². The van der Waals surface area contributed by atoms with Crippen LogP contribution in [0.3, 0.4) is 0 Å². The third-order valence-corrected chi connectivity index (χ3v) is 3.38. The quantitative estimate of drug-likeness (QED) is 0.796. The van der Waals surface area contributed by atoms with Crippen LogP contribution in [0.2, 0.25) is 0 Å². The highest BCUT2D eigenvalue weighted by Gasteiger charge is 2.21. The second kappa shape index (κ2) is 7.32. The van der Waals surface area contributed by atoms with Crippen molar-refractivity contribution in [2.75, 3.05) is 7.11 Å². The largest absolute Gasteiger partial charge is 0.465 e. The lowest BCUT2D eigenvalue weighted by molar-refractivity contribution is -0.118. The van der Waals surface area contributed by atoms with Crippen LogP contribution in [0.4, 0.5) is 4.39 Å². The summed E-state index contributed by atoms with van der Waals surface area (Å²) in [6, 6.07) is 13.7. The van der Waals surface area contributed by atoms with Gasteiger partial charge in [-0.2, -0.15) is 5.26 Å². The van der Waals surface area contributed by atoms with Crippen molar-refractivity contribution < 1.29 is 18.7 Å². The number of halogens is 1. The topological polar surface area (TPSA) is 67.2 Å². The smallest absolute Gasteiger partial charge is 0.337 e. The molecule has 0 saturated heterocycles. The highest BCUT2D eigenvalue weighted by atomic mass is 19.1. The fourth-order valence-corrected chi connectivity index (χ4v) is 2.20. The molecule has 0 aliphatic rings. The molecule has 0 fully saturated rings. The molecule has 0 aliphatic heterocycles. The van der Waals surface area contributed by atoms with E-state index in [4.69, 9.17) is 0 Å². The van der Waals surface area contributed by atoms with Crippen LogP contribution in [0.15, 0.2) is 48.5 Å². The molecule has 4 nitrogen and oxygen atoms in total. The Hall–Kier alpha value is -3.00. The number of hydrogen-bond acceptors (Lipinski definition) is 4. The molecular weight excluding hydrogens is 297 g/mol. The Balaban J connectivity index is 2.22. The highest BCUT2D eigenvalue weighted by Crippen LogP contribution is 2.20. The van der Waals surface area contributed by atoms with E-state index in [1.54, 1.807) is 18.2 Å². The Morgan fingerprint density at radius 2 is 1.91 bits per heavy atom. The van der Waals surface area contributed by atoms with Gasteiger partial charge in [0.05, 0.1) is 18.7 Å². The van der Waals surface area contributed by atoms with Crippen molar-refractivity contribution in [2.45, 2.75) is 12.3 Å². The minimum atomic E-state index is -0.996. The van der Waals surface area contributed by atoms with E-state index in [0.717, 1.165) is 0 Å². The molecule has 2 rings (SSSR count). The monoisotopic (exact) mass is 311 g/mol. The van der Waals surface area contributed by atoms with Crippen molar-refractivity contribution in [1.29, 1.82) is 5.26 Å². The molecule has 0 saturated carbocycles. The summed E-state index contributed by atoms with van der Waals surface area (Å²) < 4.78 is 17.5. The maximum Gasteiger partial charge on any atom is 0.337 e. The first-order valence-corrected chi connectivity index (χ1v) is 6.90. The van der Waals surface area contributed by atoms with Crippen LogP contribution >= 0.6 is 0 Å². The van der Waals surface area contributed by atoms with Gasteiger partial charge in [-0.3, -0.25) is 4.79 Å². The van der Waals surface area contributed by atoms with Gasteiger partial charge in [-0.05, 0) is 35.4 Å². The van der Waals surface area contributed by atoms with Crippen molar-refractivity contribution in [3.05, 3.63) is 71.0 Å². The van der Waals surface area contributed by atoms with E-state index in [2.05, 4.69) is 4.74 Å². The summed E-state index contributed by atoms with van der Waals surface area (Å²) in [6.45, 7) is 0. The third kappa shape index (κ3) is 4.01. The predicted molar refractivity (Wildman–Crippen MR) is 81.2 cm³/mol. The van der Waals surface area contributed by atoms with Crippen LogP contribution in [0, 0.1) is 17.1 Å². The maximum atomic E-state index is 12.9. The van der Waals surface area contributed by atoms with Crippen LogP contribution in [-0.4, -0.2) is 18.9 Å². The van der Waals surface area contributed by atoms with Gasteiger partial charge in [-0.15, -0.1) is 0 Å². The minimum Gasteiger partial charge on any atom is -0.465 e. The fourth-order valence-electron chi connectivity index (χ4n) is 2.20. The van der Waals surface area contributed by atoms with E-state index < -0.39 is 11.9 Å². The number of hydrogen-bond donors (Lipinski definition) is 0. The molecule has 5 heteroatoms. The zero-order valence-electron chi connectivity index (χ0n) is 12.5. The van der Waals surface area contributed by atoms with E-state index in [1.165, 1.54) is 37.4 Å². The van der Waals surface area contributed by atoms with E-state index >= 15 is 0 Å². The molecule has 0 bridgehead atoms. The molecule has 0 spiro atoms. The lowest BCUT2D eigenvalue weighted by Crippen LogP contribution is -2.14. The first-order valence-electron chi connectivity index (χ1n) is 6.90. The Morgan fingerprint density at radius 3 is 2.52 bits per heavy atom. The number of benzene rings is 2. The van der Waals surface area contributed by atoms with Crippen molar-refractivity contribution in [2.24, 2.45) is 0 Å². The second-order valence-corrected chi connectivity index (χ2v) is 4.95. The summed E-state index contributed by atoms with van der Waals surface area (Å²) in [5.74, 6) is -2.23. The summed E-state index contributed by atoms with van der Waals surface area (Å²) in [5.41, 5.74) is 1.34. The van der Waals surface area contributed by atoms with Crippen LogP contribution in [0.1, 0.15) is 27.4 Å². The van der Waals surface area contributed by atoms with Crippen LogP contribution in [0.25, 0.3) is 0 Å². The normalized spacial score (nSPS) is 11.3. The van der Waals surface area contributed by atoms with E-state index in [0.29, 0.717) is 11.1 Å². The number of Topliss-reactive ketones (excluding diaryl/α,β-unsaturated/α-hetero) is 1. The minimum absolute atomic E-state index is 0.0148. The molecule has 0 aliphatic carbocycles. The molecule has 0 aromatic heterocycles. The lowest BCUT2D eigenvalue weighted by Gasteiger charge is -2.10. The van der Waals surface area contributed by atoms with Crippen LogP contribution in [-0.2, 0) is 16.0 Å². The highest BCUT2D eigenvalue weighted by molar-refractivity contribution is 5.92. The van der Waals surface area contributed by atoms with E-state index in [1.807, 2.05) is 6.07 Å². The number of esters is 1. The van der Waals surface area contributed by atoms with Gasteiger partial charge in [0.1, 0.15) is 11.7 Å². The predicted octanol–water partition coefficient (Wildman–Crippen LogP) is 3.03. The van der Waals surface area contributed by atoms with Gasteiger partial charge >= 0.3 is 5.97 Å². The Kier molecular flexibility index (Phi) is 5.21. The van der Waals surface area contributed by atoms with Crippen molar-refractivity contribution in [3.63, 3.8) is 0 Å². The second-order valence-electron chi connectivity index (χ2n) is 4.95. The standard InChI is InChI=1S/C18H14FNO3/c1-23-18(22)14-4-2-3-13(10-14)16(11-20)17(21)9-12-5-7-15(19)8-6-12/h2-8,10,16H,9H2,1H3. The molecule has 0 radical (unpaired) electrons. The summed E-state index contributed by atoms with van der Waals surface area (Å²) in [6.07, 6.45) is 0.0148. The number of nitriles is 1. The van der Waals surface area contributed by atoms with Gasteiger partial charge in [0.25, 0.3) is 0 Å². The fraction of sp³-hybridized carbons (Fsp3) is 0.167. The van der Waals surface area contributed by atoms with Gasteiger partial charge < -0.3 is 4.74 Å². The van der Waals surface area contributed by atoms with E-state index in [9.17, 15) is 19.2 Å². The van der Waals surface area contributed by atoms with Crippen molar-refractivity contribution >= 4 is 11.8 Å². The van der Waals surface area contributed by atoms with Crippen molar-refractivity contribution in [1.82, 2.24) is 0 Å². The first-order chi connectivity index (χ1) is 11.0. The Bertz CT molecular complexity index is 763. The van der Waals surface area contributed by atoms with Gasteiger partial charge in [0.2, 0.25) is 0 Å². The Morgan fingerprint density at radius 1 is 1.22 bits per heavy atom. The maximum absolute atomic E-state index is 12.9. The van der Waals surface area contributed by atoms with Gasteiger partial charge in [-0.25, -0.2) is 9.18 Å². The summed E-state index contributed by atoms with van der Waals surface area (Å²) >= 11 is 0. The van der Waals surface area contributed by atoms with Gasteiger partial charge in [0.15, 0.2) is 5.78 Å². The number of ether oxygens (including phenoxy) is 1. The molecule has 116 valence electrons. The Labute approximate surface area is 133 Å². The average molecular weight is 311 g/mol. The van der Waals surface area contributed by atoms with Crippen molar-refractivity contribution in [3.8, 4) is 6.07 Å². The molecule has 0 amide bonds. The molecule has 1 atom stereocenters. The van der Waals surface area contributed by atoms with Gasteiger partial charge in [-0.1, -0.05) is 24.3 Å². The summed E-state index contributed by atoms with van der Waals surface area (Å²) in [7, 11) is 1.26. The number of rotatable bonds is 5. The zero-order valence-corrected chi connectivity index (χ0v) is 12.5. The SMILES string of the molecule is COC(=O)c1cccc(C(C#N)C(=O)Cc2ccc(F)cc2)c1. The summed E-state index contributed by atoms with van der Waals surface area (Å²) in [4.78, 5) is 23.9. The zero-order chi connectivity index (χ0) is 16.8. The molecule has 2 aromatic carbocycles. The van der Waals surface area contributed by atoms with E-state index in [-0.39, 0.29) is 23.6 Å². The molecule has 23 heavy (non-hydrogen) atoms. The number of carbonyl (C=O) groups excluding carboxylic acids is 2. The van der Waals surface area contributed by atoms with Gasteiger partial charge in [0, 0.05) is 6.42 Å². The molecule has 0 heterocycles. The molecule has 2 aromatic rings. The molecule has 0 N–H and O–H groups in total. The average Bonchev–Trinajstić information content (AvgIpc) is 2.57. The first kappa shape index (κ1) is 16.4. The number of carbonyl (C=O) groups is 2. The number of nitrogens with zero attached hydrogens (tertiary/aromatic N) is 1. The molecule has 1 unspecified atom stereocenters. The third-order valence-electron chi connectivity index (χ3n) is 3.38. The van der Waals surface area contributed by atoms with Crippen LogP contribution < -0.4 is 0 Å².